The van der Waals surface area contributed by atoms with Crippen LogP contribution < -0.4 is 9.47 Å². The second-order valence-corrected chi connectivity index (χ2v) is 6.06. The molecule has 0 fully saturated rings. The fraction of sp³-hybridized carbons (Fsp3) is 0.238. The zero-order valence-electron chi connectivity index (χ0n) is 15.3. The van der Waals surface area contributed by atoms with Gasteiger partial charge in [0, 0.05) is 5.56 Å². The molecule has 1 aliphatic rings. The second-order valence-electron chi connectivity index (χ2n) is 6.06. The molecule has 134 valence electrons. The number of aliphatic imine (C=N–C) groups is 1. The topological polar surface area (TPSA) is 57.1 Å². The summed E-state index contributed by atoms with van der Waals surface area (Å²) in [6.45, 7) is 6.42. The van der Waals surface area contributed by atoms with E-state index in [0.717, 1.165) is 22.3 Å². The minimum atomic E-state index is -0.465. The Hall–Kier alpha value is -3.08. The summed E-state index contributed by atoms with van der Waals surface area (Å²) in [5, 5.41) is 0. The number of nitrogens with zero attached hydrogens (tertiary/aromatic N) is 1. The van der Waals surface area contributed by atoms with Crippen molar-refractivity contribution in [3.05, 3.63) is 64.3 Å². The van der Waals surface area contributed by atoms with Crippen LogP contribution >= 0.6 is 0 Å². The lowest BCUT2D eigenvalue weighted by Gasteiger charge is -2.09. The summed E-state index contributed by atoms with van der Waals surface area (Å²) in [7, 11) is 1.59. The number of aryl methyl sites for hydroxylation is 2. The number of ether oxygens (including phenoxy) is 3. The van der Waals surface area contributed by atoms with Crippen LogP contribution in [0, 0.1) is 13.8 Å². The number of methoxy groups -OCH3 is 1. The quantitative estimate of drug-likeness (QED) is 0.602. The summed E-state index contributed by atoms with van der Waals surface area (Å²) >= 11 is 0. The maximum Gasteiger partial charge on any atom is 0.363 e. The summed E-state index contributed by atoms with van der Waals surface area (Å²) in [6.07, 6.45) is 1.68. The van der Waals surface area contributed by atoms with Crippen LogP contribution in [0.3, 0.4) is 0 Å². The molecule has 5 nitrogen and oxygen atoms in total. The first kappa shape index (κ1) is 17.7. The fourth-order valence-corrected chi connectivity index (χ4v) is 2.84. The predicted molar refractivity (Wildman–Crippen MR) is 101 cm³/mol. The number of rotatable bonds is 5. The van der Waals surface area contributed by atoms with Crippen LogP contribution in [0.4, 0.5) is 0 Å². The lowest BCUT2D eigenvalue weighted by Crippen LogP contribution is -2.06. The fourth-order valence-electron chi connectivity index (χ4n) is 2.84. The first-order valence-electron chi connectivity index (χ1n) is 8.42. The summed E-state index contributed by atoms with van der Waals surface area (Å²) in [4.78, 5) is 16.6. The minimum Gasteiger partial charge on any atom is -0.493 e. The molecule has 0 radical (unpaired) electrons. The third-order valence-electron chi connectivity index (χ3n) is 3.88. The predicted octanol–water partition coefficient (Wildman–Crippen LogP) is 4.06. The van der Waals surface area contributed by atoms with Crippen LogP contribution in [0.25, 0.3) is 6.08 Å². The van der Waals surface area contributed by atoms with E-state index in [1.54, 1.807) is 19.3 Å². The van der Waals surface area contributed by atoms with Gasteiger partial charge in [-0.2, -0.15) is 0 Å². The molecule has 0 aliphatic carbocycles. The number of esters is 1. The Morgan fingerprint density at radius 3 is 2.46 bits per heavy atom. The van der Waals surface area contributed by atoms with E-state index in [9.17, 15) is 4.79 Å². The van der Waals surface area contributed by atoms with Crippen molar-refractivity contribution in [2.45, 2.75) is 20.8 Å². The van der Waals surface area contributed by atoms with Crippen LogP contribution in [0.1, 0.15) is 29.2 Å². The van der Waals surface area contributed by atoms with E-state index >= 15 is 0 Å². The van der Waals surface area contributed by atoms with Gasteiger partial charge in [-0.05, 0) is 56.7 Å². The molecular formula is C21H21NO4. The Balaban J connectivity index is 1.94. The molecule has 0 spiro atoms. The highest BCUT2D eigenvalue weighted by Crippen LogP contribution is 2.29. The van der Waals surface area contributed by atoms with Crippen molar-refractivity contribution in [3.63, 3.8) is 0 Å². The molecule has 26 heavy (non-hydrogen) atoms. The van der Waals surface area contributed by atoms with Crippen molar-refractivity contribution in [2.75, 3.05) is 13.7 Å². The first-order valence-corrected chi connectivity index (χ1v) is 8.42. The summed E-state index contributed by atoms with van der Waals surface area (Å²) in [5.41, 5.74) is 4.02. The third-order valence-corrected chi connectivity index (χ3v) is 3.88. The lowest BCUT2D eigenvalue weighted by atomic mass is 10.1. The van der Waals surface area contributed by atoms with Crippen LogP contribution in [0.15, 0.2) is 47.1 Å². The van der Waals surface area contributed by atoms with Crippen molar-refractivity contribution >= 4 is 17.9 Å². The Kier molecular flexibility index (Phi) is 5.07. The molecule has 1 heterocycles. The summed E-state index contributed by atoms with van der Waals surface area (Å²) in [5.74, 6) is 1.12. The average Bonchev–Trinajstić information content (AvgIpc) is 2.95. The van der Waals surface area contributed by atoms with Gasteiger partial charge in [0.1, 0.15) is 0 Å². The van der Waals surface area contributed by atoms with Gasteiger partial charge in [-0.3, -0.25) is 0 Å². The standard InChI is InChI=1S/C21H21NO4/c1-5-25-19-12-15(6-7-18(19)24-4)11-17-21(23)26-20(22-17)16-9-13(2)8-14(3)10-16/h6-12H,5H2,1-4H3/b17-11-. The van der Waals surface area contributed by atoms with E-state index in [1.807, 2.05) is 45.0 Å². The molecule has 3 rings (SSSR count). The molecule has 0 aromatic heterocycles. The van der Waals surface area contributed by atoms with Gasteiger partial charge in [0.25, 0.3) is 0 Å². The Bertz CT molecular complexity index is 892. The summed E-state index contributed by atoms with van der Waals surface area (Å²) in [6, 6.07) is 11.4. The van der Waals surface area contributed by atoms with E-state index in [-0.39, 0.29) is 5.70 Å². The molecule has 0 N–H and O–H groups in total. The highest BCUT2D eigenvalue weighted by molar-refractivity contribution is 6.13. The number of carbonyl (C=O) groups is 1. The largest absolute Gasteiger partial charge is 0.493 e. The van der Waals surface area contributed by atoms with Crippen molar-refractivity contribution in [1.29, 1.82) is 0 Å². The molecule has 0 atom stereocenters. The normalized spacial score (nSPS) is 15.0. The van der Waals surface area contributed by atoms with Crippen molar-refractivity contribution in [1.82, 2.24) is 0 Å². The van der Waals surface area contributed by atoms with Gasteiger partial charge in [-0.25, -0.2) is 9.79 Å². The van der Waals surface area contributed by atoms with Crippen molar-refractivity contribution in [2.24, 2.45) is 4.99 Å². The van der Waals surface area contributed by atoms with E-state index in [1.165, 1.54) is 0 Å². The Morgan fingerprint density at radius 2 is 1.81 bits per heavy atom. The maximum atomic E-state index is 12.2. The Labute approximate surface area is 152 Å². The van der Waals surface area contributed by atoms with Crippen LogP contribution in [0.5, 0.6) is 11.5 Å². The van der Waals surface area contributed by atoms with E-state index in [0.29, 0.717) is 24.0 Å². The number of benzene rings is 2. The van der Waals surface area contributed by atoms with Gasteiger partial charge in [-0.1, -0.05) is 23.3 Å². The molecule has 2 aromatic carbocycles. The van der Waals surface area contributed by atoms with E-state index in [2.05, 4.69) is 11.1 Å². The number of cyclic esters (lactones) is 1. The third kappa shape index (κ3) is 3.77. The van der Waals surface area contributed by atoms with Crippen LogP contribution in [-0.4, -0.2) is 25.6 Å². The smallest absolute Gasteiger partial charge is 0.363 e. The molecule has 0 amide bonds. The zero-order chi connectivity index (χ0) is 18.7. The maximum absolute atomic E-state index is 12.2. The van der Waals surface area contributed by atoms with Crippen molar-refractivity contribution in [3.8, 4) is 11.5 Å². The van der Waals surface area contributed by atoms with Gasteiger partial charge in [0.15, 0.2) is 17.2 Å². The second kappa shape index (κ2) is 7.44. The SMILES string of the molecule is CCOc1cc(/C=C2\N=C(c3cc(C)cc(C)c3)OC2=O)ccc1OC. The molecule has 2 aromatic rings. The molecular weight excluding hydrogens is 330 g/mol. The molecule has 0 bridgehead atoms. The van der Waals surface area contributed by atoms with E-state index in [4.69, 9.17) is 14.2 Å². The van der Waals surface area contributed by atoms with Gasteiger partial charge < -0.3 is 14.2 Å². The Morgan fingerprint density at radius 1 is 1.08 bits per heavy atom. The average molecular weight is 351 g/mol. The molecule has 1 aliphatic heterocycles. The van der Waals surface area contributed by atoms with Gasteiger partial charge >= 0.3 is 5.97 Å². The number of carbonyl (C=O) groups excluding carboxylic acids is 1. The molecule has 0 saturated heterocycles. The van der Waals surface area contributed by atoms with Crippen LogP contribution in [-0.2, 0) is 9.53 Å². The monoisotopic (exact) mass is 351 g/mol. The lowest BCUT2D eigenvalue weighted by molar-refractivity contribution is -0.129. The summed E-state index contributed by atoms with van der Waals surface area (Å²) < 4.78 is 16.2. The number of hydrogen-bond donors (Lipinski definition) is 0. The highest BCUT2D eigenvalue weighted by atomic mass is 16.6. The van der Waals surface area contributed by atoms with Gasteiger partial charge in [0.05, 0.1) is 13.7 Å². The molecule has 5 heteroatoms. The highest BCUT2D eigenvalue weighted by Gasteiger charge is 2.24. The number of hydrogen-bond acceptors (Lipinski definition) is 5. The minimum absolute atomic E-state index is 0.256. The van der Waals surface area contributed by atoms with Crippen LogP contribution in [0.2, 0.25) is 0 Å². The zero-order valence-corrected chi connectivity index (χ0v) is 15.3. The first-order chi connectivity index (χ1) is 12.5. The molecule has 0 unspecified atom stereocenters. The van der Waals surface area contributed by atoms with Crippen molar-refractivity contribution < 1.29 is 19.0 Å². The van der Waals surface area contributed by atoms with Gasteiger partial charge in [0.2, 0.25) is 5.90 Å². The van der Waals surface area contributed by atoms with Gasteiger partial charge in [-0.15, -0.1) is 0 Å². The molecule has 0 saturated carbocycles. The van der Waals surface area contributed by atoms with E-state index < -0.39 is 5.97 Å².